The van der Waals surface area contributed by atoms with Gasteiger partial charge in [-0.25, -0.2) is 0 Å². The zero-order chi connectivity index (χ0) is 11.7. The lowest BCUT2D eigenvalue weighted by Crippen LogP contribution is -1.99. The molecule has 82 valence electrons. The summed E-state index contributed by atoms with van der Waals surface area (Å²) in [6.07, 6.45) is 1.76. The molecule has 0 atom stereocenters. The van der Waals surface area contributed by atoms with E-state index in [1.807, 2.05) is 30.3 Å². The van der Waals surface area contributed by atoms with Crippen molar-refractivity contribution in [2.24, 2.45) is 0 Å². The first-order valence-corrected chi connectivity index (χ1v) is 5.23. The van der Waals surface area contributed by atoms with Crippen LogP contribution < -0.4 is 0 Å². The van der Waals surface area contributed by atoms with E-state index in [0.717, 1.165) is 16.5 Å². The molecule has 5 heteroatoms. The number of aryl methyl sites for hydroxylation is 1. The number of nitrogens with zero attached hydrogens (tertiary/aromatic N) is 5. The monoisotopic (exact) mass is 223 g/mol. The molecular weight excluding hydrogens is 214 g/mol. The Bertz CT molecular complexity index is 658. The Labute approximate surface area is 97.6 Å². The first-order chi connectivity index (χ1) is 8.34. The van der Waals surface area contributed by atoms with Crippen molar-refractivity contribution in [3.63, 3.8) is 0 Å². The molecule has 2 heterocycles. The van der Waals surface area contributed by atoms with Gasteiger partial charge in [0.2, 0.25) is 5.82 Å². The van der Waals surface area contributed by atoms with Crippen LogP contribution in [0.4, 0.5) is 0 Å². The standard InChI is InChI=1S/C12H9N5/c1-8-14-16-12(17-15-8)10-4-2-6-11-9(10)5-3-7-13-11/h2-7H,1H3. The Hall–Kier alpha value is -2.43. The molecule has 0 radical (unpaired) electrons. The molecule has 0 aliphatic carbocycles. The largest absolute Gasteiger partial charge is 0.256 e. The molecule has 0 amide bonds. The topological polar surface area (TPSA) is 64.5 Å². The summed E-state index contributed by atoms with van der Waals surface area (Å²) in [5, 5.41) is 16.9. The molecule has 2 aromatic heterocycles. The van der Waals surface area contributed by atoms with E-state index in [2.05, 4.69) is 25.4 Å². The van der Waals surface area contributed by atoms with Gasteiger partial charge in [0.15, 0.2) is 5.82 Å². The average Bonchev–Trinajstić information content (AvgIpc) is 2.39. The van der Waals surface area contributed by atoms with Gasteiger partial charge >= 0.3 is 0 Å². The quantitative estimate of drug-likeness (QED) is 0.629. The number of aromatic nitrogens is 5. The molecule has 0 fully saturated rings. The second-order valence-electron chi connectivity index (χ2n) is 3.65. The van der Waals surface area contributed by atoms with E-state index in [4.69, 9.17) is 0 Å². The number of pyridine rings is 1. The van der Waals surface area contributed by atoms with Crippen molar-refractivity contribution in [2.45, 2.75) is 6.92 Å². The van der Waals surface area contributed by atoms with E-state index in [1.165, 1.54) is 0 Å². The smallest absolute Gasteiger partial charge is 0.204 e. The third-order valence-corrected chi connectivity index (χ3v) is 2.47. The van der Waals surface area contributed by atoms with Crippen molar-refractivity contribution in [1.29, 1.82) is 0 Å². The zero-order valence-electron chi connectivity index (χ0n) is 9.20. The second kappa shape index (κ2) is 3.86. The summed E-state index contributed by atoms with van der Waals surface area (Å²) in [7, 11) is 0. The summed E-state index contributed by atoms with van der Waals surface area (Å²) in [4.78, 5) is 4.29. The molecule has 3 rings (SSSR count). The van der Waals surface area contributed by atoms with Crippen LogP contribution in [-0.4, -0.2) is 25.4 Å². The van der Waals surface area contributed by atoms with Crippen LogP contribution in [0, 0.1) is 6.92 Å². The summed E-state index contributed by atoms with van der Waals surface area (Å²) in [5.41, 5.74) is 1.81. The van der Waals surface area contributed by atoms with Gasteiger partial charge in [0, 0.05) is 17.1 Å². The van der Waals surface area contributed by atoms with Crippen LogP contribution in [0.2, 0.25) is 0 Å². The maximum absolute atomic E-state index is 4.29. The van der Waals surface area contributed by atoms with E-state index in [0.29, 0.717) is 11.6 Å². The Kier molecular flexibility index (Phi) is 2.22. The third-order valence-electron chi connectivity index (χ3n) is 2.47. The zero-order valence-corrected chi connectivity index (χ0v) is 9.20. The minimum atomic E-state index is 0.522. The predicted octanol–water partition coefficient (Wildman–Crippen LogP) is 1.79. The number of hydrogen-bond donors (Lipinski definition) is 0. The summed E-state index contributed by atoms with van der Waals surface area (Å²) in [5.74, 6) is 1.08. The Morgan fingerprint density at radius 3 is 2.53 bits per heavy atom. The van der Waals surface area contributed by atoms with Gasteiger partial charge in [-0.2, -0.15) is 0 Å². The third kappa shape index (κ3) is 1.71. The van der Waals surface area contributed by atoms with Gasteiger partial charge < -0.3 is 0 Å². The van der Waals surface area contributed by atoms with Crippen LogP contribution >= 0.6 is 0 Å². The van der Waals surface area contributed by atoms with Gasteiger partial charge in [-0.15, -0.1) is 20.4 Å². The minimum Gasteiger partial charge on any atom is -0.256 e. The maximum atomic E-state index is 4.29. The molecule has 0 saturated heterocycles. The van der Waals surface area contributed by atoms with E-state index in [1.54, 1.807) is 13.1 Å². The van der Waals surface area contributed by atoms with Gasteiger partial charge in [0.25, 0.3) is 0 Å². The first-order valence-electron chi connectivity index (χ1n) is 5.23. The van der Waals surface area contributed by atoms with Crippen molar-refractivity contribution >= 4 is 10.9 Å². The lowest BCUT2D eigenvalue weighted by molar-refractivity contribution is 0.817. The minimum absolute atomic E-state index is 0.522. The molecule has 0 bridgehead atoms. The van der Waals surface area contributed by atoms with Crippen LogP contribution in [-0.2, 0) is 0 Å². The fraction of sp³-hybridized carbons (Fsp3) is 0.0833. The molecule has 17 heavy (non-hydrogen) atoms. The van der Waals surface area contributed by atoms with Crippen molar-refractivity contribution in [1.82, 2.24) is 25.4 Å². The molecule has 0 spiro atoms. The normalized spacial score (nSPS) is 10.6. The highest BCUT2D eigenvalue weighted by molar-refractivity contribution is 5.92. The van der Waals surface area contributed by atoms with Crippen molar-refractivity contribution in [3.8, 4) is 11.4 Å². The van der Waals surface area contributed by atoms with Crippen LogP contribution in [0.15, 0.2) is 36.5 Å². The van der Waals surface area contributed by atoms with E-state index in [-0.39, 0.29) is 0 Å². The van der Waals surface area contributed by atoms with Crippen LogP contribution in [0.25, 0.3) is 22.3 Å². The van der Waals surface area contributed by atoms with Crippen molar-refractivity contribution in [2.75, 3.05) is 0 Å². The summed E-state index contributed by atoms with van der Waals surface area (Å²) in [6.45, 7) is 1.76. The molecule has 0 aliphatic heterocycles. The summed E-state index contributed by atoms with van der Waals surface area (Å²) in [6, 6.07) is 9.70. The SMILES string of the molecule is Cc1nnc(-c2cccc3ncccc23)nn1. The fourth-order valence-corrected chi connectivity index (χ4v) is 1.69. The summed E-state index contributed by atoms with van der Waals surface area (Å²) < 4.78 is 0. The Morgan fingerprint density at radius 2 is 1.71 bits per heavy atom. The first kappa shape index (κ1) is 9.77. The molecule has 5 nitrogen and oxygen atoms in total. The molecule has 0 aliphatic rings. The molecular formula is C12H9N5. The van der Waals surface area contributed by atoms with E-state index >= 15 is 0 Å². The molecule has 1 aromatic carbocycles. The number of rotatable bonds is 1. The molecule has 0 saturated carbocycles. The maximum Gasteiger partial charge on any atom is 0.204 e. The average molecular weight is 223 g/mol. The summed E-state index contributed by atoms with van der Waals surface area (Å²) >= 11 is 0. The van der Waals surface area contributed by atoms with Crippen molar-refractivity contribution in [3.05, 3.63) is 42.4 Å². The van der Waals surface area contributed by atoms with Gasteiger partial charge in [-0.05, 0) is 19.1 Å². The highest BCUT2D eigenvalue weighted by atomic mass is 15.3. The number of fused-ring (bicyclic) bond motifs is 1. The Balaban J connectivity index is 2.27. The van der Waals surface area contributed by atoms with Crippen molar-refractivity contribution < 1.29 is 0 Å². The number of hydrogen-bond acceptors (Lipinski definition) is 5. The van der Waals surface area contributed by atoms with Crippen LogP contribution in [0.5, 0.6) is 0 Å². The molecule has 3 aromatic rings. The van der Waals surface area contributed by atoms with Crippen LogP contribution in [0.1, 0.15) is 5.82 Å². The van der Waals surface area contributed by atoms with Gasteiger partial charge in [-0.3, -0.25) is 4.98 Å². The second-order valence-corrected chi connectivity index (χ2v) is 3.65. The van der Waals surface area contributed by atoms with E-state index < -0.39 is 0 Å². The Morgan fingerprint density at radius 1 is 0.882 bits per heavy atom. The fourth-order valence-electron chi connectivity index (χ4n) is 1.69. The lowest BCUT2D eigenvalue weighted by Gasteiger charge is -2.02. The van der Waals surface area contributed by atoms with E-state index in [9.17, 15) is 0 Å². The predicted molar refractivity (Wildman–Crippen MR) is 63.1 cm³/mol. The van der Waals surface area contributed by atoms with Crippen LogP contribution in [0.3, 0.4) is 0 Å². The molecule has 0 unspecified atom stereocenters. The highest BCUT2D eigenvalue weighted by Gasteiger charge is 2.07. The molecule has 0 N–H and O–H groups in total. The highest BCUT2D eigenvalue weighted by Crippen LogP contribution is 2.23. The lowest BCUT2D eigenvalue weighted by atomic mass is 10.1. The van der Waals surface area contributed by atoms with Gasteiger partial charge in [0.1, 0.15) is 0 Å². The number of benzene rings is 1. The van der Waals surface area contributed by atoms with Gasteiger partial charge in [0.05, 0.1) is 5.52 Å². The van der Waals surface area contributed by atoms with Gasteiger partial charge in [-0.1, -0.05) is 18.2 Å².